The Morgan fingerprint density at radius 2 is 1.84 bits per heavy atom. The van der Waals surface area contributed by atoms with Gasteiger partial charge in [0.25, 0.3) is 0 Å². The van der Waals surface area contributed by atoms with Crippen LogP contribution in [-0.2, 0) is 19.6 Å². The average molecular weight is 626 g/mol. The summed E-state index contributed by atoms with van der Waals surface area (Å²) in [5.41, 5.74) is 14.8. The largest absolute Gasteiger partial charge is 0.444 e. The minimum atomic E-state index is -3.52. The second-order valence-electron chi connectivity index (χ2n) is 12.4. The molecule has 2 heterocycles. The third-order valence-electron chi connectivity index (χ3n) is 7.55. The Bertz CT molecular complexity index is 1540. The molecule has 2 aromatic rings. The van der Waals surface area contributed by atoms with Gasteiger partial charge in [0.1, 0.15) is 29.4 Å². The van der Waals surface area contributed by atoms with Crippen molar-refractivity contribution in [1.82, 2.24) is 10.2 Å². The molecule has 2 amide bonds. The van der Waals surface area contributed by atoms with Gasteiger partial charge < -0.3 is 26.4 Å². The molecule has 0 unspecified atom stereocenters. The number of amidine groups is 1. The number of hydrogen-bond acceptors (Lipinski definition) is 8. The predicted molar refractivity (Wildman–Crippen MR) is 172 cm³/mol. The number of nitrogens with one attached hydrogen (secondary N) is 2. The van der Waals surface area contributed by atoms with Crippen molar-refractivity contribution in [3.8, 4) is 11.1 Å². The molecule has 0 atom stereocenters. The van der Waals surface area contributed by atoms with E-state index in [1.807, 2.05) is 37.3 Å². The first kappa shape index (κ1) is 33.2. The van der Waals surface area contributed by atoms with E-state index >= 15 is 0 Å². The maximum absolute atomic E-state index is 13.6. The fraction of sp³-hybridized carbons (Fsp3) is 0.469. The van der Waals surface area contributed by atoms with Gasteiger partial charge in [-0.2, -0.15) is 8.42 Å². The summed E-state index contributed by atoms with van der Waals surface area (Å²) in [5, 5.41) is 2.74. The van der Waals surface area contributed by atoms with Crippen molar-refractivity contribution in [1.29, 1.82) is 0 Å². The van der Waals surface area contributed by atoms with Gasteiger partial charge in [-0.25, -0.2) is 14.1 Å². The lowest BCUT2D eigenvalue weighted by atomic mass is 10.0. The molecule has 238 valence electrons. The summed E-state index contributed by atoms with van der Waals surface area (Å²) in [4.78, 5) is 32.2. The van der Waals surface area contributed by atoms with E-state index in [0.29, 0.717) is 67.1 Å². The molecule has 0 aromatic heterocycles. The van der Waals surface area contributed by atoms with E-state index in [-0.39, 0.29) is 23.1 Å². The molecule has 2 aliphatic rings. The van der Waals surface area contributed by atoms with Crippen LogP contribution >= 0.6 is 0 Å². The lowest BCUT2D eigenvalue weighted by molar-refractivity contribution is -0.826. The molecule has 2 aliphatic heterocycles. The Morgan fingerprint density at radius 3 is 2.52 bits per heavy atom. The van der Waals surface area contributed by atoms with E-state index in [1.165, 1.54) is 0 Å². The molecule has 0 spiro atoms. The fourth-order valence-corrected chi connectivity index (χ4v) is 7.03. The summed E-state index contributed by atoms with van der Waals surface area (Å²) < 4.78 is 32.1. The van der Waals surface area contributed by atoms with Gasteiger partial charge in [0.15, 0.2) is 0 Å². The molecule has 12 heteroatoms. The van der Waals surface area contributed by atoms with Crippen LogP contribution in [0.15, 0.2) is 57.9 Å². The zero-order chi connectivity index (χ0) is 32.1. The summed E-state index contributed by atoms with van der Waals surface area (Å²) in [6, 6.07) is 12.6. The number of amides is 2. The Kier molecular flexibility index (Phi) is 10.5. The highest BCUT2D eigenvalue weighted by Crippen LogP contribution is 2.33. The number of aliphatic imine (C=N–C) groups is 1. The number of nitrogens with zero attached hydrogens (tertiary/aromatic N) is 2. The third kappa shape index (κ3) is 8.25. The lowest BCUT2D eigenvalue weighted by Gasteiger charge is -2.33. The van der Waals surface area contributed by atoms with Crippen molar-refractivity contribution in [2.45, 2.75) is 57.5 Å². The van der Waals surface area contributed by atoms with Crippen LogP contribution in [0.2, 0.25) is 0 Å². The predicted octanol–water partition coefficient (Wildman–Crippen LogP) is 2.44. The van der Waals surface area contributed by atoms with E-state index < -0.39 is 21.7 Å². The Balaban J connectivity index is 1.49. The first-order valence-corrected chi connectivity index (χ1v) is 16.6. The minimum absolute atomic E-state index is 0.123. The van der Waals surface area contributed by atoms with Crippen LogP contribution < -0.4 is 21.1 Å². The van der Waals surface area contributed by atoms with Crippen LogP contribution in [0.1, 0.15) is 52.5 Å². The highest BCUT2D eigenvalue weighted by atomic mass is 32.2. The molecular weight excluding hydrogens is 580 g/mol. The van der Waals surface area contributed by atoms with Crippen molar-refractivity contribution in [3.63, 3.8) is 0 Å². The quantitative estimate of drug-likeness (QED) is 0.279. The van der Waals surface area contributed by atoms with Gasteiger partial charge in [-0.05, 0) is 69.0 Å². The lowest BCUT2D eigenvalue weighted by Crippen LogP contribution is -3.21. The fourth-order valence-electron chi connectivity index (χ4n) is 5.25. The maximum atomic E-state index is 13.6. The molecule has 0 aliphatic carbocycles. The van der Waals surface area contributed by atoms with Crippen LogP contribution in [0.5, 0.6) is 0 Å². The van der Waals surface area contributed by atoms with Gasteiger partial charge in [0.05, 0.1) is 11.6 Å². The molecule has 1 fully saturated rings. The molecule has 11 nitrogen and oxygen atoms in total. The number of carbonyl (C=O) groups is 2. The molecule has 44 heavy (non-hydrogen) atoms. The van der Waals surface area contributed by atoms with Gasteiger partial charge in [-0.15, -0.1) is 0 Å². The zero-order valence-electron chi connectivity index (χ0n) is 26.1. The standard InChI is InChI=1S/C32H44N6O5S/c1-5-13-37(14-7-12-35-31(40)43-32(2,3)4)30(39)26-15-25-11-10-24(17-28(25)36-29(34)18-26)23-8-6-9-27(16-23)44(41,42)38-20-22(19-33)21-38/h6,8-11,15-17,22H,5,7,12-14,18-21,33H2,1-4H3,(H2,34,36)(H,35,40)/p+1. The van der Waals surface area contributed by atoms with Gasteiger partial charge in [0, 0.05) is 43.7 Å². The van der Waals surface area contributed by atoms with E-state index in [4.69, 9.17) is 16.2 Å². The van der Waals surface area contributed by atoms with E-state index in [9.17, 15) is 18.0 Å². The first-order valence-electron chi connectivity index (χ1n) is 15.1. The molecule has 0 saturated carbocycles. The summed E-state index contributed by atoms with van der Waals surface area (Å²) in [6.07, 6.45) is 2.90. The van der Waals surface area contributed by atoms with Gasteiger partial charge in [0.2, 0.25) is 5.91 Å². The first-order chi connectivity index (χ1) is 20.8. The Morgan fingerprint density at radius 1 is 1.11 bits per heavy atom. The summed E-state index contributed by atoms with van der Waals surface area (Å²) >= 11 is 0. The molecule has 1 saturated heterocycles. The van der Waals surface area contributed by atoms with Gasteiger partial charge >= 0.3 is 16.1 Å². The number of hydrogen-bond donors (Lipinski definition) is 4. The van der Waals surface area contributed by atoms with Crippen molar-refractivity contribution in [3.05, 3.63) is 53.6 Å². The van der Waals surface area contributed by atoms with E-state index in [0.717, 1.165) is 23.1 Å². The SMILES string of the molecule is CCCN(CCCNC(=O)OC(C)(C)C)C(=O)C1=Cc2ccc(-c3cccc(S(=O)(=O)[NH+]4CC(CN)C4)c3)cc2N=C(N)C1. The Labute approximate surface area is 260 Å². The molecule has 0 radical (unpaired) electrons. The third-order valence-corrected chi connectivity index (χ3v) is 9.52. The number of rotatable bonds is 11. The number of quaternary nitrogens is 1. The summed E-state index contributed by atoms with van der Waals surface area (Å²) in [6.45, 7) is 10.4. The second kappa shape index (κ2) is 13.9. The molecular formula is C32H45N6O5S+. The van der Waals surface area contributed by atoms with Crippen molar-refractivity contribution in [2.75, 3.05) is 39.3 Å². The zero-order valence-corrected chi connectivity index (χ0v) is 26.9. The van der Waals surface area contributed by atoms with Crippen molar-refractivity contribution >= 4 is 39.6 Å². The number of nitrogens with two attached hydrogens (primary N) is 2. The highest BCUT2D eigenvalue weighted by Gasteiger charge is 2.40. The number of sulfonamides is 1. The van der Waals surface area contributed by atoms with E-state index in [1.54, 1.807) is 43.9 Å². The summed E-state index contributed by atoms with van der Waals surface area (Å²) in [7, 11) is -3.52. The minimum Gasteiger partial charge on any atom is -0.444 e. The monoisotopic (exact) mass is 625 g/mol. The highest BCUT2D eigenvalue weighted by molar-refractivity contribution is 7.85. The van der Waals surface area contributed by atoms with Crippen molar-refractivity contribution < 1.29 is 27.0 Å². The van der Waals surface area contributed by atoms with Crippen LogP contribution in [-0.4, -0.2) is 76.0 Å². The number of alkyl carbamates (subject to hydrolysis) is 1. The second-order valence-corrected chi connectivity index (χ2v) is 14.4. The van der Waals surface area contributed by atoms with Crippen LogP contribution in [0.25, 0.3) is 17.2 Å². The van der Waals surface area contributed by atoms with Gasteiger partial charge in [-0.3, -0.25) is 4.79 Å². The molecule has 0 bridgehead atoms. The van der Waals surface area contributed by atoms with Crippen LogP contribution in [0, 0.1) is 5.92 Å². The normalized spacial score (nSPS) is 18.2. The maximum Gasteiger partial charge on any atom is 0.407 e. The Hall–Kier alpha value is -3.74. The number of ether oxygens (including phenoxy) is 1. The van der Waals surface area contributed by atoms with Crippen LogP contribution in [0.3, 0.4) is 0 Å². The number of benzene rings is 2. The van der Waals surface area contributed by atoms with E-state index in [2.05, 4.69) is 10.3 Å². The summed E-state index contributed by atoms with van der Waals surface area (Å²) in [5.74, 6) is 0.425. The van der Waals surface area contributed by atoms with Crippen molar-refractivity contribution in [2.24, 2.45) is 22.4 Å². The average Bonchev–Trinajstić information content (AvgIpc) is 3.10. The molecule has 4 rings (SSSR count). The number of carbonyl (C=O) groups excluding carboxylic acids is 2. The van der Waals surface area contributed by atoms with Crippen LogP contribution in [0.4, 0.5) is 10.5 Å². The number of fused-ring (bicyclic) bond motifs is 1. The van der Waals surface area contributed by atoms with Gasteiger partial charge in [-0.1, -0.05) is 31.2 Å². The topological polar surface area (TPSA) is 162 Å². The smallest absolute Gasteiger partial charge is 0.407 e. The molecule has 6 N–H and O–H groups in total. The molecule has 2 aromatic carbocycles.